The summed E-state index contributed by atoms with van der Waals surface area (Å²) < 4.78 is 12.0. The van der Waals surface area contributed by atoms with Crippen LogP contribution in [0.4, 0.5) is 0 Å². The molecule has 234 valence electrons. The Bertz CT molecular complexity index is 1570. The Labute approximate surface area is 270 Å². The summed E-state index contributed by atoms with van der Waals surface area (Å²) in [6, 6.07) is 35.6. The zero-order valence-electron chi connectivity index (χ0n) is 26.2. The molecule has 0 saturated carbocycles. The van der Waals surface area contributed by atoms with E-state index < -0.39 is 0 Å². The second-order valence-electron chi connectivity index (χ2n) is 11.5. The van der Waals surface area contributed by atoms with Crippen LogP contribution in [0.25, 0.3) is 0 Å². The van der Waals surface area contributed by atoms with Gasteiger partial charge in [-0.3, -0.25) is 9.59 Å². The lowest BCUT2D eigenvalue weighted by Gasteiger charge is -2.20. The number of nitrogens with zero attached hydrogens (tertiary/aromatic N) is 4. The van der Waals surface area contributed by atoms with E-state index in [0.717, 1.165) is 58.0 Å². The van der Waals surface area contributed by atoms with Crippen molar-refractivity contribution in [3.8, 4) is 11.5 Å². The van der Waals surface area contributed by atoms with Gasteiger partial charge in [-0.05, 0) is 59.4 Å². The van der Waals surface area contributed by atoms with E-state index in [-0.39, 0.29) is 23.9 Å². The minimum absolute atomic E-state index is 0.0742. The highest BCUT2D eigenvalue weighted by atomic mass is 16.5. The van der Waals surface area contributed by atoms with Gasteiger partial charge in [0.1, 0.15) is 11.5 Å². The Morgan fingerprint density at radius 1 is 0.587 bits per heavy atom. The number of ether oxygens (including phenoxy) is 2. The SMILES string of the molecule is CC(=O)N1N=C(c2ccccc2)CC1c1ccc(OCCCCOc2ccc(C3CC(c4ccccc4)=NN3C(C)=O)cc2)cc1. The van der Waals surface area contributed by atoms with E-state index in [9.17, 15) is 9.59 Å². The van der Waals surface area contributed by atoms with Gasteiger partial charge in [0.15, 0.2) is 0 Å². The normalized spacial score (nSPS) is 17.4. The van der Waals surface area contributed by atoms with E-state index in [1.54, 1.807) is 23.9 Å². The molecule has 0 bridgehead atoms. The molecule has 8 nitrogen and oxygen atoms in total. The number of unbranched alkanes of at least 4 members (excludes halogenated alkanes) is 1. The second kappa shape index (κ2) is 14.2. The Hall–Kier alpha value is -5.24. The topological polar surface area (TPSA) is 83.8 Å². The number of benzene rings is 4. The monoisotopic (exact) mass is 614 g/mol. The van der Waals surface area contributed by atoms with Crippen LogP contribution >= 0.6 is 0 Å². The Kier molecular flexibility index (Phi) is 9.53. The zero-order valence-corrected chi connectivity index (χ0v) is 26.2. The lowest BCUT2D eigenvalue weighted by atomic mass is 9.98. The van der Waals surface area contributed by atoms with Gasteiger partial charge in [-0.2, -0.15) is 10.2 Å². The summed E-state index contributed by atoms with van der Waals surface area (Å²) in [6.45, 7) is 4.27. The van der Waals surface area contributed by atoms with Crippen LogP contribution in [-0.4, -0.2) is 46.5 Å². The summed E-state index contributed by atoms with van der Waals surface area (Å²) in [6.07, 6.45) is 3.05. The molecular weight excluding hydrogens is 576 g/mol. The van der Waals surface area contributed by atoms with Crippen molar-refractivity contribution in [1.29, 1.82) is 0 Å². The van der Waals surface area contributed by atoms with Gasteiger partial charge < -0.3 is 9.47 Å². The highest BCUT2D eigenvalue weighted by Gasteiger charge is 2.32. The molecule has 0 aliphatic carbocycles. The number of carbonyl (C=O) groups excluding carboxylic acids is 2. The van der Waals surface area contributed by atoms with Crippen molar-refractivity contribution in [3.63, 3.8) is 0 Å². The first kappa shape index (κ1) is 30.8. The van der Waals surface area contributed by atoms with Crippen molar-refractivity contribution in [2.75, 3.05) is 13.2 Å². The number of hydrazone groups is 2. The number of hydrogen-bond donors (Lipinski definition) is 0. The Balaban J connectivity index is 0.938. The third-order valence-corrected chi connectivity index (χ3v) is 8.29. The molecule has 4 aromatic rings. The minimum atomic E-state index is -0.126. The molecule has 0 N–H and O–H groups in total. The van der Waals surface area contributed by atoms with Crippen LogP contribution in [0.3, 0.4) is 0 Å². The molecule has 2 amide bonds. The molecule has 8 heteroatoms. The summed E-state index contributed by atoms with van der Waals surface area (Å²) >= 11 is 0. The zero-order chi connectivity index (χ0) is 31.9. The minimum Gasteiger partial charge on any atom is -0.494 e. The van der Waals surface area contributed by atoms with Crippen LogP contribution < -0.4 is 9.47 Å². The van der Waals surface area contributed by atoms with Crippen LogP contribution in [0, 0.1) is 0 Å². The molecular formula is C38H38N4O4. The Morgan fingerprint density at radius 3 is 1.30 bits per heavy atom. The molecule has 4 aromatic carbocycles. The fraction of sp³-hybridized carbons (Fsp3) is 0.263. The highest BCUT2D eigenvalue weighted by molar-refractivity contribution is 6.03. The van der Waals surface area contributed by atoms with E-state index in [2.05, 4.69) is 10.2 Å². The molecule has 0 spiro atoms. The van der Waals surface area contributed by atoms with Crippen molar-refractivity contribution in [2.45, 2.75) is 51.6 Å². The third kappa shape index (κ3) is 7.18. The first-order chi connectivity index (χ1) is 22.5. The first-order valence-corrected chi connectivity index (χ1v) is 15.8. The van der Waals surface area contributed by atoms with Gasteiger partial charge >= 0.3 is 0 Å². The molecule has 2 heterocycles. The number of amides is 2. The standard InChI is InChI=1S/C38H38N4O4/c1-27(43)41-37(25-35(39-41)29-11-5-3-6-12-29)31-15-19-33(20-16-31)45-23-9-10-24-46-34-21-17-32(18-22-34)38-26-36(40-42(38)28(2)44)30-13-7-4-8-14-30/h3-8,11-22,37-38H,9-10,23-26H2,1-2H3. The molecule has 46 heavy (non-hydrogen) atoms. The van der Waals surface area contributed by atoms with E-state index in [0.29, 0.717) is 26.1 Å². The van der Waals surface area contributed by atoms with Crippen molar-refractivity contribution >= 4 is 23.2 Å². The summed E-state index contributed by atoms with van der Waals surface area (Å²) in [7, 11) is 0. The lowest BCUT2D eigenvalue weighted by Crippen LogP contribution is -2.24. The van der Waals surface area contributed by atoms with Gasteiger partial charge in [-0.25, -0.2) is 10.0 Å². The second-order valence-corrected chi connectivity index (χ2v) is 11.5. The number of hydrogen-bond acceptors (Lipinski definition) is 6. The molecule has 2 unspecified atom stereocenters. The number of rotatable bonds is 11. The van der Waals surface area contributed by atoms with Crippen LogP contribution in [-0.2, 0) is 9.59 Å². The van der Waals surface area contributed by atoms with Gasteiger partial charge in [-0.15, -0.1) is 0 Å². The molecule has 2 atom stereocenters. The average Bonchev–Trinajstić information content (AvgIpc) is 3.74. The third-order valence-electron chi connectivity index (χ3n) is 8.29. The van der Waals surface area contributed by atoms with E-state index in [1.807, 2.05) is 109 Å². The number of carbonyl (C=O) groups is 2. The van der Waals surface area contributed by atoms with Gasteiger partial charge in [0.05, 0.1) is 36.7 Å². The maximum absolute atomic E-state index is 12.3. The van der Waals surface area contributed by atoms with Crippen LogP contribution in [0.15, 0.2) is 119 Å². The van der Waals surface area contributed by atoms with Gasteiger partial charge in [0.2, 0.25) is 11.8 Å². The fourth-order valence-electron chi connectivity index (χ4n) is 5.89. The largest absolute Gasteiger partial charge is 0.494 e. The van der Waals surface area contributed by atoms with Gasteiger partial charge in [-0.1, -0.05) is 84.9 Å². The van der Waals surface area contributed by atoms with E-state index >= 15 is 0 Å². The quantitative estimate of drug-likeness (QED) is 0.166. The summed E-state index contributed by atoms with van der Waals surface area (Å²) in [4.78, 5) is 24.6. The van der Waals surface area contributed by atoms with Crippen LogP contribution in [0.5, 0.6) is 11.5 Å². The summed E-state index contributed by atoms with van der Waals surface area (Å²) in [5.74, 6) is 1.44. The average molecular weight is 615 g/mol. The highest BCUT2D eigenvalue weighted by Crippen LogP contribution is 2.35. The maximum Gasteiger partial charge on any atom is 0.240 e. The molecule has 0 radical (unpaired) electrons. The van der Waals surface area contributed by atoms with Crippen molar-refractivity contribution in [1.82, 2.24) is 10.0 Å². The molecule has 0 fully saturated rings. The van der Waals surface area contributed by atoms with Crippen molar-refractivity contribution < 1.29 is 19.1 Å². The summed E-state index contributed by atoms with van der Waals surface area (Å²) in [5.41, 5.74) is 5.97. The molecule has 2 aliphatic rings. The Morgan fingerprint density at radius 2 is 0.957 bits per heavy atom. The van der Waals surface area contributed by atoms with Crippen LogP contribution in [0.2, 0.25) is 0 Å². The van der Waals surface area contributed by atoms with Gasteiger partial charge in [0, 0.05) is 26.7 Å². The molecule has 6 rings (SSSR count). The molecule has 0 aromatic heterocycles. The maximum atomic E-state index is 12.3. The fourth-order valence-corrected chi connectivity index (χ4v) is 5.89. The van der Waals surface area contributed by atoms with Crippen molar-refractivity contribution in [2.24, 2.45) is 10.2 Å². The molecule has 2 aliphatic heterocycles. The smallest absolute Gasteiger partial charge is 0.240 e. The van der Waals surface area contributed by atoms with E-state index in [4.69, 9.17) is 9.47 Å². The lowest BCUT2D eigenvalue weighted by molar-refractivity contribution is -0.131. The summed E-state index contributed by atoms with van der Waals surface area (Å²) in [5, 5.41) is 12.4. The van der Waals surface area contributed by atoms with Crippen LogP contribution in [0.1, 0.15) is 73.9 Å². The van der Waals surface area contributed by atoms with E-state index in [1.165, 1.54) is 0 Å². The van der Waals surface area contributed by atoms with Crippen molar-refractivity contribution in [3.05, 3.63) is 131 Å². The first-order valence-electron chi connectivity index (χ1n) is 15.8. The predicted molar refractivity (Wildman–Crippen MR) is 179 cm³/mol. The van der Waals surface area contributed by atoms with Gasteiger partial charge in [0.25, 0.3) is 0 Å². The predicted octanol–water partition coefficient (Wildman–Crippen LogP) is 7.32. The molecule has 0 saturated heterocycles.